The SMILES string of the molecule is COc1ccc(O[C@H]2O[C@H](COC(=O)c3ccccc3)[C@H](O)[C@H](OC(=O)c3ccccc3)[C@H]2O)cc1. The molecule has 1 heterocycles. The van der Waals surface area contributed by atoms with E-state index in [2.05, 4.69) is 0 Å². The van der Waals surface area contributed by atoms with Crippen molar-refractivity contribution in [2.45, 2.75) is 30.7 Å². The number of hydrogen-bond donors (Lipinski definition) is 2. The van der Waals surface area contributed by atoms with Gasteiger partial charge in [0.25, 0.3) is 0 Å². The van der Waals surface area contributed by atoms with Crippen LogP contribution in [0.5, 0.6) is 11.5 Å². The van der Waals surface area contributed by atoms with Crippen molar-refractivity contribution in [3.8, 4) is 11.5 Å². The minimum Gasteiger partial charge on any atom is -0.497 e. The number of rotatable bonds is 8. The fraction of sp³-hybridized carbons (Fsp3) is 0.259. The van der Waals surface area contributed by atoms with Gasteiger partial charge in [0.2, 0.25) is 6.29 Å². The number of hydrogen-bond acceptors (Lipinski definition) is 9. The first-order valence-corrected chi connectivity index (χ1v) is 11.3. The van der Waals surface area contributed by atoms with E-state index >= 15 is 0 Å². The van der Waals surface area contributed by atoms with E-state index in [1.165, 1.54) is 7.11 Å². The van der Waals surface area contributed by atoms with E-state index in [4.69, 9.17) is 23.7 Å². The van der Waals surface area contributed by atoms with Gasteiger partial charge in [-0.05, 0) is 48.5 Å². The predicted molar refractivity (Wildman–Crippen MR) is 127 cm³/mol. The lowest BCUT2D eigenvalue weighted by molar-refractivity contribution is -0.276. The fourth-order valence-corrected chi connectivity index (χ4v) is 3.65. The predicted octanol–water partition coefficient (Wildman–Crippen LogP) is 2.60. The minimum atomic E-state index is -1.55. The summed E-state index contributed by atoms with van der Waals surface area (Å²) in [5.74, 6) is -0.431. The van der Waals surface area contributed by atoms with Gasteiger partial charge in [-0.2, -0.15) is 0 Å². The zero-order chi connectivity index (χ0) is 25.5. The first kappa shape index (κ1) is 25.2. The molecule has 1 aliphatic rings. The van der Waals surface area contributed by atoms with Gasteiger partial charge >= 0.3 is 11.9 Å². The minimum absolute atomic E-state index is 0.239. The van der Waals surface area contributed by atoms with Crippen LogP contribution in [0, 0.1) is 0 Å². The molecule has 188 valence electrons. The highest BCUT2D eigenvalue weighted by molar-refractivity contribution is 5.89. The number of aliphatic hydroxyl groups excluding tert-OH is 2. The summed E-state index contributed by atoms with van der Waals surface area (Å²) >= 11 is 0. The lowest BCUT2D eigenvalue weighted by Crippen LogP contribution is -2.61. The van der Waals surface area contributed by atoms with Crippen LogP contribution in [0.15, 0.2) is 84.9 Å². The molecular formula is C27H26O9. The van der Waals surface area contributed by atoms with E-state index in [0.29, 0.717) is 17.1 Å². The van der Waals surface area contributed by atoms with Crippen LogP contribution in [-0.4, -0.2) is 66.6 Å². The van der Waals surface area contributed by atoms with E-state index in [9.17, 15) is 19.8 Å². The Morgan fingerprint density at radius 3 is 1.92 bits per heavy atom. The molecule has 0 radical (unpaired) electrons. The van der Waals surface area contributed by atoms with Crippen LogP contribution in [-0.2, 0) is 14.2 Å². The Bertz CT molecular complexity index is 1130. The largest absolute Gasteiger partial charge is 0.497 e. The van der Waals surface area contributed by atoms with Crippen molar-refractivity contribution in [3.63, 3.8) is 0 Å². The second kappa shape index (κ2) is 11.7. The van der Waals surface area contributed by atoms with Crippen molar-refractivity contribution >= 4 is 11.9 Å². The third-order valence-electron chi connectivity index (χ3n) is 5.59. The number of carbonyl (C=O) groups excluding carboxylic acids is 2. The first-order valence-electron chi connectivity index (χ1n) is 11.3. The molecule has 3 aromatic rings. The van der Waals surface area contributed by atoms with Crippen molar-refractivity contribution in [1.29, 1.82) is 0 Å². The summed E-state index contributed by atoms with van der Waals surface area (Å²) in [5, 5.41) is 21.8. The van der Waals surface area contributed by atoms with Crippen LogP contribution in [0.25, 0.3) is 0 Å². The second-order valence-corrected chi connectivity index (χ2v) is 8.02. The third-order valence-corrected chi connectivity index (χ3v) is 5.59. The van der Waals surface area contributed by atoms with Gasteiger partial charge in [-0.1, -0.05) is 36.4 Å². The summed E-state index contributed by atoms with van der Waals surface area (Å²) in [5.41, 5.74) is 0.559. The molecular weight excluding hydrogens is 468 g/mol. The lowest BCUT2D eigenvalue weighted by Gasteiger charge is -2.41. The maximum atomic E-state index is 12.7. The van der Waals surface area contributed by atoms with E-state index in [-0.39, 0.29) is 12.2 Å². The van der Waals surface area contributed by atoms with Gasteiger partial charge in [0.1, 0.15) is 30.3 Å². The molecule has 1 aliphatic heterocycles. The molecule has 0 bridgehead atoms. The standard InChI is InChI=1S/C27H26O9/c1-32-19-12-14-20(15-13-19)34-27-23(29)24(36-26(31)18-10-6-3-7-11-18)22(28)21(35-27)16-33-25(30)17-8-4-2-5-9-17/h2-15,21-24,27-29H,16H2,1H3/t21-,22+,23-,24+,27+/m1/s1. The van der Waals surface area contributed by atoms with Crippen molar-refractivity contribution < 1.29 is 43.5 Å². The van der Waals surface area contributed by atoms with E-state index in [0.717, 1.165) is 0 Å². The summed E-state index contributed by atoms with van der Waals surface area (Å²) in [6.45, 7) is -0.372. The number of benzene rings is 3. The normalized spacial score (nSPS) is 23.4. The van der Waals surface area contributed by atoms with Crippen LogP contribution < -0.4 is 9.47 Å². The smallest absolute Gasteiger partial charge is 0.338 e. The molecule has 1 fully saturated rings. The van der Waals surface area contributed by atoms with Gasteiger partial charge < -0.3 is 33.9 Å². The average molecular weight is 494 g/mol. The molecule has 5 atom stereocenters. The maximum absolute atomic E-state index is 12.7. The number of aliphatic hydroxyl groups is 2. The Balaban J connectivity index is 1.51. The van der Waals surface area contributed by atoms with Crippen LogP contribution in [0.2, 0.25) is 0 Å². The molecule has 2 N–H and O–H groups in total. The highest BCUT2D eigenvalue weighted by Crippen LogP contribution is 2.28. The molecule has 9 nitrogen and oxygen atoms in total. The van der Waals surface area contributed by atoms with Gasteiger partial charge in [0.15, 0.2) is 12.2 Å². The Morgan fingerprint density at radius 1 is 0.778 bits per heavy atom. The van der Waals surface area contributed by atoms with E-state index in [1.54, 1.807) is 84.9 Å². The molecule has 36 heavy (non-hydrogen) atoms. The maximum Gasteiger partial charge on any atom is 0.338 e. The summed E-state index contributed by atoms with van der Waals surface area (Å²) in [4.78, 5) is 25.1. The summed E-state index contributed by atoms with van der Waals surface area (Å²) in [7, 11) is 1.53. The summed E-state index contributed by atoms with van der Waals surface area (Å²) in [6.07, 6.45) is -6.97. The molecule has 0 spiro atoms. The van der Waals surface area contributed by atoms with Gasteiger partial charge in [-0.3, -0.25) is 0 Å². The van der Waals surface area contributed by atoms with Gasteiger partial charge in [0, 0.05) is 0 Å². The molecule has 0 unspecified atom stereocenters. The molecule has 0 aromatic heterocycles. The zero-order valence-electron chi connectivity index (χ0n) is 19.4. The topological polar surface area (TPSA) is 121 Å². The Hall–Kier alpha value is -3.92. The van der Waals surface area contributed by atoms with E-state index < -0.39 is 42.6 Å². The monoisotopic (exact) mass is 494 g/mol. The second-order valence-electron chi connectivity index (χ2n) is 8.02. The van der Waals surface area contributed by atoms with Crippen LogP contribution >= 0.6 is 0 Å². The first-order chi connectivity index (χ1) is 17.5. The van der Waals surface area contributed by atoms with Crippen molar-refractivity contribution in [3.05, 3.63) is 96.1 Å². The van der Waals surface area contributed by atoms with Crippen molar-refractivity contribution in [1.82, 2.24) is 0 Å². The number of ether oxygens (including phenoxy) is 5. The number of carbonyl (C=O) groups is 2. The molecule has 1 saturated heterocycles. The fourth-order valence-electron chi connectivity index (χ4n) is 3.65. The average Bonchev–Trinajstić information content (AvgIpc) is 2.93. The van der Waals surface area contributed by atoms with E-state index in [1.807, 2.05) is 0 Å². The highest BCUT2D eigenvalue weighted by atomic mass is 16.7. The van der Waals surface area contributed by atoms with Crippen molar-refractivity contribution in [2.24, 2.45) is 0 Å². The summed E-state index contributed by atoms with van der Waals surface area (Å²) < 4.78 is 27.5. The zero-order valence-corrected chi connectivity index (χ0v) is 19.4. The Morgan fingerprint density at radius 2 is 1.33 bits per heavy atom. The van der Waals surface area contributed by atoms with Crippen LogP contribution in [0.4, 0.5) is 0 Å². The van der Waals surface area contributed by atoms with Crippen LogP contribution in [0.3, 0.4) is 0 Å². The molecule has 9 heteroatoms. The van der Waals surface area contributed by atoms with Gasteiger partial charge in [-0.25, -0.2) is 9.59 Å². The molecule has 0 amide bonds. The molecule has 4 rings (SSSR count). The highest BCUT2D eigenvalue weighted by Gasteiger charge is 2.48. The third kappa shape index (κ3) is 6.01. The van der Waals surface area contributed by atoms with Gasteiger partial charge in [-0.15, -0.1) is 0 Å². The van der Waals surface area contributed by atoms with Crippen molar-refractivity contribution in [2.75, 3.05) is 13.7 Å². The van der Waals surface area contributed by atoms with Gasteiger partial charge in [0.05, 0.1) is 18.2 Å². The number of methoxy groups -OCH3 is 1. The quantitative estimate of drug-likeness (QED) is 0.455. The lowest BCUT2D eigenvalue weighted by atomic mass is 9.98. The molecule has 0 saturated carbocycles. The molecule has 0 aliphatic carbocycles. The Kier molecular flexibility index (Phi) is 8.17. The summed E-state index contributed by atoms with van der Waals surface area (Å²) in [6, 6.07) is 23.0. The Labute approximate surface area is 207 Å². The van der Waals surface area contributed by atoms with Crippen LogP contribution in [0.1, 0.15) is 20.7 Å². The molecule has 3 aromatic carbocycles. The number of esters is 2.